The number of rotatable bonds is 4. The van der Waals surface area contributed by atoms with Gasteiger partial charge in [-0.3, -0.25) is 4.99 Å². The molecule has 0 bridgehead atoms. The summed E-state index contributed by atoms with van der Waals surface area (Å²) in [4.78, 5) is 9.69. The van der Waals surface area contributed by atoms with E-state index in [-0.39, 0.29) is 0 Å². The summed E-state index contributed by atoms with van der Waals surface area (Å²) in [5.41, 5.74) is 0. The molecule has 20 heavy (non-hydrogen) atoms. The highest BCUT2D eigenvalue weighted by Crippen LogP contribution is 2.29. The van der Waals surface area contributed by atoms with Gasteiger partial charge in [0.1, 0.15) is 0 Å². The maximum Gasteiger partial charge on any atom is 0.194 e. The molecular formula is C15H24N4S. The van der Waals surface area contributed by atoms with Crippen LogP contribution in [0.5, 0.6) is 0 Å². The lowest BCUT2D eigenvalue weighted by molar-refractivity contribution is 0.373. The van der Waals surface area contributed by atoms with Crippen LogP contribution in [-0.2, 0) is 0 Å². The second-order valence-corrected chi connectivity index (χ2v) is 6.49. The van der Waals surface area contributed by atoms with Gasteiger partial charge in [-0.1, -0.05) is 0 Å². The van der Waals surface area contributed by atoms with Crippen molar-refractivity contribution in [2.24, 2.45) is 10.9 Å². The number of thiophene rings is 1. The molecule has 1 N–H and O–H groups in total. The zero-order valence-corrected chi connectivity index (χ0v) is 13.0. The van der Waals surface area contributed by atoms with Crippen molar-refractivity contribution in [1.82, 2.24) is 10.2 Å². The average molecular weight is 292 g/mol. The van der Waals surface area contributed by atoms with E-state index in [4.69, 9.17) is 4.99 Å². The van der Waals surface area contributed by atoms with Crippen molar-refractivity contribution in [1.29, 1.82) is 0 Å². The van der Waals surface area contributed by atoms with Gasteiger partial charge in [-0.2, -0.15) is 0 Å². The molecule has 2 aliphatic rings. The molecule has 1 aromatic heterocycles. The van der Waals surface area contributed by atoms with Gasteiger partial charge < -0.3 is 15.1 Å². The van der Waals surface area contributed by atoms with E-state index in [0.29, 0.717) is 0 Å². The molecule has 0 spiro atoms. The Kier molecular flexibility index (Phi) is 4.45. The van der Waals surface area contributed by atoms with E-state index >= 15 is 0 Å². The minimum atomic E-state index is 0.857. The molecule has 4 nitrogen and oxygen atoms in total. The molecule has 0 radical (unpaired) electrons. The maximum absolute atomic E-state index is 4.80. The second-order valence-electron chi connectivity index (χ2n) is 5.56. The van der Waals surface area contributed by atoms with Gasteiger partial charge in [-0.05, 0) is 43.2 Å². The van der Waals surface area contributed by atoms with Crippen molar-refractivity contribution >= 4 is 22.3 Å². The summed E-state index contributed by atoms with van der Waals surface area (Å²) < 4.78 is 0. The molecule has 2 fully saturated rings. The predicted octanol–water partition coefficient (Wildman–Crippen LogP) is 2.25. The highest BCUT2D eigenvalue weighted by atomic mass is 32.1. The molecule has 1 saturated carbocycles. The maximum atomic E-state index is 4.80. The molecule has 0 amide bonds. The van der Waals surface area contributed by atoms with Crippen molar-refractivity contribution in [3.05, 3.63) is 17.5 Å². The Morgan fingerprint density at radius 3 is 2.75 bits per heavy atom. The monoisotopic (exact) mass is 292 g/mol. The van der Waals surface area contributed by atoms with Gasteiger partial charge in [-0.25, -0.2) is 0 Å². The number of nitrogens with zero attached hydrogens (tertiary/aromatic N) is 3. The van der Waals surface area contributed by atoms with Crippen LogP contribution in [0.2, 0.25) is 0 Å². The largest absolute Gasteiger partial charge is 0.360 e. The lowest BCUT2D eigenvalue weighted by atomic mass is 10.3. The van der Waals surface area contributed by atoms with E-state index in [2.05, 4.69) is 39.6 Å². The highest BCUT2D eigenvalue weighted by Gasteiger charge is 2.23. The van der Waals surface area contributed by atoms with Crippen LogP contribution in [0.25, 0.3) is 0 Å². The van der Waals surface area contributed by atoms with Crippen molar-refractivity contribution < 1.29 is 0 Å². The van der Waals surface area contributed by atoms with E-state index < -0.39 is 0 Å². The Hall–Kier alpha value is -1.23. The Balaban J connectivity index is 1.55. The third-order valence-corrected chi connectivity index (χ3v) is 4.86. The predicted molar refractivity (Wildman–Crippen MR) is 86.8 cm³/mol. The summed E-state index contributed by atoms with van der Waals surface area (Å²) in [7, 11) is 0. The first kappa shape index (κ1) is 13.7. The number of anilines is 1. The highest BCUT2D eigenvalue weighted by molar-refractivity contribution is 7.14. The van der Waals surface area contributed by atoms with E-state index in [1.54, 1.807) is 0 Å². The van der Waals surface area contributed by atoms with E-state index in [1.165, 1.54) is 17.8 Å². The number of guanidine groups is 1. The first-order chi connectivity index (χ1) is 9.86. The minimum absolute atomic E-state index is 0.857. The standard InChI is InChI=1S/C15H24N4S/c1-2-16-15(17-12-13-5-6-13)19-9-7-18(8-10-19)14-4-3-11-20-14/h3-4,11,13H,2,5-10,12H2,1H3,(H,16,17). The molecule has 0 atom stereocenters. The van der Waals surface area contributed by atoms with Gasteiger partial charge >= 0.3 is 0 Å². The zero-order chi connectivity index (χ0) is 13.8. The summed E-state index contributed by atoms with van der Waals surface area (Å²) in [6.07, 6.45) is 2.74. The van der Waals surface area contributed by atoms with Crippen LogP contribution in [0.3, 0.4) is 0 Å². The fourth-order valence-electron chi connectivity index (χ4n) is 2.53. The third-order valence-electron chi connectivity index (χ3n) is 3.93. The van der Waals surface area contributed by atoms with E-state index in [0.717, 1.165) is 51.1 Å². The summed E-state index contributed by atoms with van der Waals surface area (Å²) in [5, 5.41) is 6.99. The number of aliphatic imine (C=N–C) groups is 1. The molecule has 1 aliphatic heterocycles. The molecule has 1 aromatic rings. The van der Waals surface area contributed by atoms with Crippen LogP contribution >= 0.6 is 11.3 Å². The topological polar surface area (TPSA) is 30.9 Å². The van der Waals surface area contributed by atoms with Crippen LogP contribution < -0.4 is 10.2 Å². The Labute approximate surface area is 125 Å². The lowest BCUT2D eigenvalue weighted by Gasteiger charge is -2.37. The molecule has 5 heteroatoms. The molecule has 1 saturated heterocycles. The average Bonchev–Trinajstić information content (AvgIpc) is 3.15. The smallest absolute Gasteiger partial charge is 0.194 e. The summed E-state index contributed by atoms with van der Waals surface area (Å²) >= 11 is 1.83. The van der Waals surface area contributed by atoms with Gasteiger partial charge in [0.15, 0.2) is 5.96 Å². The van der Waals surface area contributed by atoms with Gasteiger partial charge in [-0.15, -0.1) is 11.3 Å². The van der Waals surface area contributed by atoms with Gasteiger partial charge in [0.25, 0.3) is 0 Å². The molecule has 0 unspecified atom stereocenters. The number of piperazine rings is 1. The van der Waals surface area contributed by atoms with Crippen molar-refractivity contribution in [2.75, 3.05) is 44.2 Å². The third kappa shape index (κ3) is 3.45. The van der Waals surface area contributed by atoms with Crippen molar-refractivity contribution in [3.63, 3.8) is 0 Å². The van der Waals surface area contributed by atoms with Crippen LogP contribution in [-0.4, -0.2) is 50.1 Å². The first-order valence-corrected chi connectivity index (χ1v) is 8.56. The van der Waals surface area contributed by atoms with Crippen LogP contribution in [0.4, 0.5) is 5.00 Å². The molecule has 0 aromatic carbocycles. The van der Waals surface area contributed by atoms with Crippen molar-refractivity contribution in [2.45, 2.75) is 19.8 Å². The molecule has 1 aliphatic carbocycles. The number of nitrogens with one attached hydrogen (secondary N) is 1. The first-order valence-electron chi connectivity index (χ1n) is 7.68. The molecule has 2 heterocycles. The summed E-state index contributed by atoms with van der Waals surface area (Å²) in [5.74, 6) is 1.97. The summed E-state index contributed by atoms with van der Waals surface area (Å²) in [6, 6.07) is 4.35. The van der Waals surface area contributed by atoms with Gasteiger partial charge in [0.2, 0.25) is 0 Å². The zero-order valence-electron chi connectivity index (χ0n) is 12.2. The Bertz CT molecular complexity index is 431. The van der Waals surface area contributed by atoms with E-state index in [9.17, 15) is 0 Å². The van der Waals surface area contributed by atoms with Crippen LogP contribution in [0.15, 0.2) is 22.5 Å². The molecule has 3 rings (SSSR count). The number of hydrogen-bond donors (Lipinski definition) is 1. The van der Waals surface area contributed by atoms with Crippen LogP contribution in [0, 0.1) is 5.92 Å². The quantitative estimate of drug-likeness (QED) is 0.682. The molecule has 110 valence electrons. The minimum Gasteiger partial charge on any atom is -0.360 e. The SMILES string of the molecule is CCNC(=NCC1CC1)N1CCN(c2cccs2)CC1. The van der Waals surface area contributed by atoms with Gasteiger partial charge in [0.05, 0.1) is 5.00 Å². The fourth-order valence-corrected chi connectivity index (χ4v) is 3.32. The second kappa shape index (κ2) is 6.48. The van der Waals surface area contributed by atoms with Gasteiger partial charge in [0, 0.05) is 39.3 Å². The normalized spacial score (nSPS) is 20.4. The number of hydrogen-bond acceptors (Lipinski definition) is 3. The van der Waals surface area contributed by atoms with E-state index in [1.807, 2.05) is 11.3 Å². The van der Waals surface area contributed by atoms with Crippen molar-refractivity contribution in [3.8, 4) is 0 Å². The lowest BCUT2D eigenvalue weighted by Crippen LogP contribution is -2.52. The van der Waals surface area contributed by atoms with Crippen LogP contribution in [0.1, 0.15) is 19.8 Å². The molecular weight excluding hydrogens is 268 g/mol. The Morgan fingerprint density at radius 1 is 1.35 bits per heavy atom. The Morgan fingerprint density at radius 2 is 2.15 bits per heavy atom. The fraction of sp³-hybridized carbons (Fsp3) is 0.667. The summed E-state index contributed by atoms with van der Waals surface area (Å²) in [6.45, 7) is 8.42.